The number of hydrogen-bond donors (Lipinski definition) is 1. The van der Waals surface area contributed by atoms with Crippen molar-refractivity contribution in [2.24, 2.45) is 5.92 Å². The van der Waals surface area contributed by atoms with Crippen LogP contribution in [-0.4, -0.2) is 26.4 Å². The predicted molar refractivity (Wildman–Crippen MR) is 73.9 cm³/mol. The Morgan fingerprint density at radius 1 is 1.39 bits per heavy atom. The Balaban J connectivity index is 1.86. The highest BCUT2D eigenvalue weighted by Gasteiger charge is 2.34. The minimum absolute atomic E-state index is 0.277. The third-order valence-electron chi connectivity index (χ3n) is 3.93. The molecule has 0 saturated carbocycles. The first kappa shape index (κ1) is 12.5. The van der Waals surface area contributed by atoms with Gasteiger partial charge in [0.1, 0.15) is 11.9 Å². The average Bonchev–Trinajstić information content (AvgIpc) is 2.91. The lowest BCUT2D eigenvalue weighted by atomic mass is 9.89. The Morgan fingerprint density at radius 3 is 3.00 bits per heavy atom. The molecule has 0 spiro atoms. The van der Waals surface area contributed by atoms with Crippen LogP contribution in [0, 0.1) is 5.92 Å². The van der Waals surface area contributed by atoms with E-state index in [2.05, 4.69) is 33.4 Å². The zero-order valence-corrected chi connectivity index (χ0v) is 12.1. The number of hydrogen-bond acceptors (Lipinski definition) is 3. The molecule has 2 aliphatic rings. The minimum Gasteiger partial charge on any atom is -0.490 e. The standard InChI is InChI=1S/C14H18BrNO2/c1-16-12-7-14(9-4-5-17-8-9)18-13-3-2-10(15)6-11(12)13/h2-3,6,9,12,14,16H,4-5,7-8H2,1H3. The maximum Gasteiger partial charge on any atom is 0.124 e. The lowest BCUT2D eigenvalue weighted by Gasteiger charge is -2.34. The summed E-state index contributed by atoms with van der Waals surface area (Å²) in [6.07, 6.45) is 2.42. The summed E-state index contributed by atoms with van der Waals surface area (Å²) in [5.74, 6) is 1.55. The molecule has 0 radical (unpaired) electrons. The lowest BCUT2D eigenvalue weighted by molar-refractivity contribution is 0.0813. The topological polar surface area (TPSA) is 30.5 Å². The van der Waals surface area contributed by atoms with Crippen molar-refractivity contribution in [2.45, 2.75) is 25.0 Å². The van der Waals surface area contributed by atoms with Crippen molar-refractivity contribution in [3.05, 3.63) is 28.2 Å². The van der Waals surface area contributed by atoms with E-state index in [1.54, 1.807) is 0 Å². The summed E-state index contributed by atoms with van der Waals surface area (Å²) in [5.41, 5.74) is 1.25. The molecule has 3 unspecified atom stereocenters. The van der Waals surface area contributed by atoms with Crippen molar-refractivity contribution in [3.8, 4) is 5.75 Å². The highest BCUT2D eigenvalue weighted by molar-refractivity contribution is 9.10. The summed E-state index contributed by atoms with van der Waals surface area (Å²) < 4.78 is 12.7. The van der Waals surface area contributed by atoms with Crippen LogP contribution in [-0.2, 0) is 4.74 Å². The Labute approximate surface area is 116 Å². The van der Waals surface area contributed by atoms with Crippen molar-refractivity contribution in [3.63, 3.8) is 0 Å². The molecule has 0 aromatic heterocycles. The molecule has 1 aromatic carbocycles. The van der Waals surface area contributed by atoms with E-state index >= 15 is 0 Å². The maximum atomic E-state index is 6.16. The maximum absolute atomic E-state index is 6.16. The molecule has 3 atom stereocenters. The lowest BCUT2D eigenvalue weighted by Crippen LogP contribution is -2.36. The molecule has 1 N–H and O–H groups in total. The molecule has 0 bridgehead atoms. The number of rotatable bonds is 2. The van der Waals surface area contributed by atoms with Crippen molar-refractivity contribution >= 4 is 15.9 Å². The van der Waals surface area contributed by atoms with Gasteiger partial charge >= 0.3 is 0 Å². The van der Waals surface area contributed by atoms with Gasteiger partial charge < -0.3 is 14.8 Å². The normalized spacial score (nSPS) is 30.9. The number of nitrogens with one attached hydrogen (secondary N) is 1. The van der Waals surface area contributed by atoms with Crippen LogP contribution >= 0.6 is 15.9 Å². The van der Waals surface area contributed by atoms with Gasteiger partial charge in [-0.2, -0.15) is 0 Å². The van der Waals surface area contributed by atoms with Crippen LogP contribution in [0.4, 0.5) is 0 Å². The largest absolute Gasteiger partial charge is 0.490 e. The van der Waals surface area contributed by atoms with Gasteiger partial charge in [0, 0.05) is 35.0 Å². The molecule has 1 saturated heterocycles. The molecular formula is C14H18BrNO2. The summed E-state index contributed by atoms with van der Waals surface area (Å²) in [4.78, 5) is 0. The van der Waals surface area contributed by atoms with E-state index in [1.165, 1.54) is 5.56 Å². The van der Waals surface area contributed by atoms with E-state index in [4.69, 9.17) is 9.47 Å². The van der Waals surface area contributed by atoms with Gasteiger partial charge in [-0.1, -0.05) is 15.9 Å². The average molecular weight is 312 g/mol. The van der Waals surface area contributed by atoms with Crippen LogP contribution in [0.5, 0.6) is 5.75 Å². The van der Waals surface area contributed by atoms with Gasteiger partial charge in [0.05, 0.1) is 6.61 Å². The molecule has 18 heavy (non-hydrogen) atoms. The molecule has 4 heteroatoms. The zero-order valence-electron chi connectivity index (χ0n) is 10.5. The molecule has 1 fully saturated rings. The SMILES string of the molecule is CNC1CC(C2CCOC2)Oc2ccc(Br)cc21. The van der Waals surface area contributed by atoms with E-state index in [1.807, 2.05) is 13.1 Å². The van der Waals surface area contributed by atoms with Crippen molar-refractivity contribution in [1.82, 2.24) is 5.32 Å². The Bertz CT molecular complexity index is 432. The second kappa shape index (κ2) is 5.19. The van der Waals surface area contributed by atoms with Crippen molar-refractivity contribution < 1.29 is 9.47 Å². The monoisotopic (exact) mass is 311 g/mol. The summed E-state index contributed by atoms with van der Waals surface area (Å²) in [6, 6.07) is 6.62. The van der Waals surface area contributed by atoms with E-state index in [0.717, 1.165) is 36.3 Å². The van der Waals surface area contributed by atoms with Crippen LogP contribution in [0.25, 0.3) is 0 Å². The van der Waals surface area contributed by atoms with Gasteiger partial charge in [-0.3, -0.25) is 0 Å². The number of fused-ring (bicyclic) bond motifs is 1. The van der Waals surface area contributed by atoms with Gasteiger partial charge in [-0.25, -0.2) is 0 Å². The summed E-state index contributed by atoms with van der Waals surface area (Å²) in [7, 11) is 2.02. The molecule has 3 rings (SSSR count). The van der Waals surface area contributed by atoms with Crippen LogP contribution in [0.15, 0.2) is 22.7 Å². The quantitative estimate of drug-likeness (QED) is 0.911. The highest BCUT2D eigenvalue weighted by Crippen LogP contribution is 2.39. The fourth-order valence-corrected chi connectivity index (χ4v) is 3.26. The smallest absolute Gasteiger partial charge is 0.124 e. The van der Waals surface area contributed by atoms with E-state index in [0.29, 0.717) is 12.0 Å². The second-order valence-electron chi connectivity index (χ2n) is 5.04. The van der Waals surface area contributed by atoms with Gasteiger partial charge in [0.2, 0.25) is 0 Å². The van der Waals surface area contributed by atoms with Crippen LogP contribution in [0.1, 0.15) is 24.4 Å². The summed E-state index contributed by atoms with van der Waals surface area (Å²) in [6.45, 7) is 1.72. The van der Waals surface area contributed by atoms with Crippen LogP contribution in [0.2, 0.25) is 0 Å². The summed E-state index contributed by atoms with van der Waals surface area (Å²) >= 11 is 3.53. The van der Waals surface area contributed by atoms with E-state index in [9.17, 15) is 0 Å². The molecule has 0 amide bonds. The van der Waals surface area contributed by atoms with Crippen LogP contribution in [0.3, 0.4) is 0 Å². The van der Waals surface area contributed by atoms with E-state index < -0.39 is 0 Å². The first-order valence-corrected chi connectivity index (χ1v) is 7.28. The molecule has 3 nitrogen and oxygen atoms in total. The van der Waals surface area contributed by atoms with Gasteiger partial charge in [0.15, 0.2) is 0 Å². The molecule has 2 heterocycles. The Hall–Kier alpha value is -0.580. The molecule has 98 valence electrons. The zero-order chi connectivity index (χ0) is 12.5. The fraction of sp³-hybridized carbons (Fsp3) is 0.571. The number of ether oxygens (including phenoxy) is 2. The first-order valence-electron chi connectivity index (χ1n) is 6.49. The third kappa shape index (κ3) is 2.29. The second-order valence-corrected chi connectivity index (χ2v) is 5.95. The molecule has 2 aliphatic heterocycles. The van der Waals surface area contributed by atoms with Gasteiger partial charge in [-0.15, -0.1) is 0 Å². The molecule has 0 aliphatic carbocycles. The minimum atomic E-state index is 0.277. The van der Waals surface area contributed by atoms with Gasteiger partial charge in [-0.05, 0) is 31.7 Å². The van der Waals surface area contributed by atoms with Gasteiger partial charge in [0.25, 0.3) is 0 Å². The Morgan fingerprint density at radius 2 is 2.28 bits per heavy atom. The van der Waals surface area contributed by atoms with Crippen LogP contribution < -0.4 is 10.1 Å². The highest BCUT2D eigenvalue weighted by atomic mass is 79.9. The number of benzene rings is 1. The predicted octanol–water partition coefficient (Wildman–Crippen LogP) is 2.90. The van der Waals surface area contributed by atoms with Crippen molar-refractivity contribution in [1.29, 1.82) is 0 Å². The molecule has 1 aromatic rings. The summed E-state index contributed by atoms with van der Waals surface area (Å²) in [5, 5.41) is 3.40. The van der Waals surface area contributed by atoms with E-state index in [-0.39, 0.29) is 6.10 Å². The third-order valence-corrected chi connectivity index (χ3v) is 4.43. The first-order chi connectivity index (χ1) is 8.78. The molecular weight excluding hydrogens is 294 g/mol. The Kier molecular flexibility index (Phi) is 3.59. The number of halogens is 1. The fourth-order valence-electron chi connectivity index (χ4n) is 2.88. The van der Waals surface area contributed by atoms with Crippen molar-refractivity contribution in [2.75, 3.05) is 20.3 Å².